The number of halogens is 2. The Bertz CT molecular complexity index is 853. The monoisotopic (exact) mass is 359 g/mol. The van der Waals surface area contributed by atoms with Crippen LogP contribution in [0.4, 0.5) is 21.8 Å². The van der Waals surface area contributed by atoms with Crippen LogP contribution in [-0.2, 0) is 4.74 Å². The van der Waals surface area contributed by atoms with Crippen molar-refractivity contribution >= 4 is 28.4 Å². The number of ether oxygens (including phenoxy) is 1. The van der Waals surface area contributed by atoms with Gasteiger partial charge in [0.2, 0.25) is 5.95 Å². The standard InChI is InChI=1S/C18H17FN4O.ClH/c19-13-5-7-14(8-6-13)20-18-21-16-4-2-1-3-15(16)17(22-18)23-9-11-24-12-10-23;/h1-8H,9-12H2,(H,20,21,22);1H/p-1. The van der Waals surface area contributed by atoms with Gasteiger partial charge in [0.1, 0.15) is 11.6 Å². The molecule has 0 amide bonds. The van der Waals surface area contributed by atoms with Crippen molar-refractivity contribution in [1.82, 2.24) is 9.97 Å². The minimum absolute atomic E-state index is 0. The normalized spacial score (nSPS) is 14.2. The Hall–Kier alpha value is -2.44. The van der Waals surface area contributed by atoms with Gasteiger partial charge in [-0.2, -0.15) is 4.98 Å². The third-order valence-corrected chi connectivity index (χ3v) is 3.99. The number of rotatable bonds is 3. The number of hydrogen-bond donors (Lipinski definition) is 1. The highest BCUT2D eigenvalue weighted by atomic mass is 35.5. The van der Waals surface area contributed by atoms with E-state index >= 15 is 0 Å². The summed E-state index contributed by atoms with van der Waals surface area (Å²) in [7, 11) is 0. The van der Waals surface area contributed by atoms with E-state index in [1.54, 1.807) is 12.1 Å². The van der Waals surface area contributed by atoms with Crippen LogP contribution in [0, 0.1) is 5.82 Å². The maximum Gasteiger partial charge on any atom is 0.229 e. The Morgan fingerprint density at radius 2 is 1.68 bits per heavy atom. The molecule has 0 aliphatic carbocycles. The van der Waals surface area contributed by atoms with E-state index in [-0.39, 0.29) is 18.2 Å². The van der Waals surface area contributed by atoms with Crippen LogP contribution in [0.5, 0.6) is 0 Å². The second kappa shape index (κ2) is 7.63. The quantitative estimate of drug-likeness (QED) is 0.731. The molecule has 4 rings (SSSR count). The molecule has 1 saturated heterocycles. The highest BCUT2D eigenvalue weighted by Crippen LogP contribution is 2.27. The zero-order chi connectivity index (χ0) is 16.4. The molecule has 7 heteroatoms. The number of nitrogens with one attached hydrogen (secondary N) is 1. The first-order valence-electron chi connectivity index (χ1n) is 7.92. The van der Waals surface area contributed by atoms with Crippen LogP contribution in [0.2, 0.25) is 0 Å². The molecule has 0 spiro atoms. The molecule has 5 nitrogen and oxygen atoms in total. The predicted octanol–water partition coefficient (Wildman–Crippen LogP) is 0.353. The van der Waals surface area contributed by atoms with Crippen LogP contribution in [0.15, 0.2) is 48.5 Å². The number of fused-ring (bicyclic) bond motifs is 1. The fourth-order valence-electron chi connectivity index (χ4n) is 2.79. The average molecular weight is 360 g/mol. The molecule has 0 unspecified atom stereocenters. The summed E-state index contributed by atoms with van der Waals surface area (Å²) in [5.74, 6) is 1.13. The molecular formula is C18H17ClFN4O-. The van der Waals surface area contributed by atoms with Crippen molar-refractivity contribution in [3.8, 4) is 0 Å². The minimum Gasteiger partial charge on any atom is -1.00 e. The first-order valence-corrected chi connectivity index (χ1v) is 7.92. The van der Waals surface area contributed by atoms with Crippen molar-refractivity contribution in [2.45, 2.75) is 0 Å². The van der Waals surface area contributed by atoms with Gasteiger partial charge in [-0.3, -0.25) is 0 Å². The van der Waals surface area contributed by atoms with Crippen LogP contribution in [0.3, 0.4) is 0 Å². The Labute approximate surface area is 151 Å². The molecule has 3 aromatic rings. The SMILES string of the molecule is Fc1ccc(Nc2nc(N3CCOCC3)c3ccccc3n2)cc1.[Cl-]. The highest BCUT2D eigenvalue weighted by molar-refractivity contribution is 5.90. The van der Waals surface area contributed by atoms with Crippen LogP contribution in [0.1, 0.15) is 0 Å². The fraction of sp³-hybridized carbons (Fsp3) is 0.222. The lowest BCUT2D eigenvalue weighted by molar-refractivity contribution is -0.00000625. The van der Waals surface area contributed by atoms with E-state index in [0.717, 1.165) is 35.5 Å². The van der Waals surface area contributed by atoms with Crippen molar-refractivity contribution in [3.05, 3.63) is 54.3 Å². The number of nitrogens with zero attached hydrogens (tertiary/aromatic N) is 3. The minimum atomic E-state index is -0.269. The molecule has 1 fully saturated rings. The van der Waals surface area contributed by atoms with Gasteiger partial charge in [0.15, 0.2) is 0 Å². The molecule has 1 aliphatic rings. The summed E-state index contributed by atoms with van der Waals surface area (Å²) in [4.78, 5) is 11.5. The third-order valence-electron chi connectivity index (χ3n) is 3.99. The van der Waals surface area contributed by atoms with Crippen molar-refractivity contribution < 1.29 is 21.5 Å². The number of para-hydroxylation sites is 1. The molecule has 2 aromatic carbocycles. The van der Waals surface area contributed by atoms with Crippen molar-refractivity contribution in [2.24, 2.45) is 0 Å². The number of benzene rings is 2. The first kappa shape index (κ1) is 17.4. The second-order valence-corrected chi connectivity index (χ2v) is 5.62. The van der Waals surface area contributed by atoms with E-state index < -0.39 is 0 Å². The Morgan fingerprint density at radius 3 is 2.44 bits per heavy atom. The molecule has 0 saturated carbocycles. The van der Waals surface area contributed by atoms with Gasteiger partial charge < -0.3 is 27.4 Å². The number of anilines is 3. The lowest BCUT2D eigenvalue weighted by atomic mass is 10.2. The molecule has 1 aromatic heterocycles. The van der Waals surface area contributed by atoms with Gasteiger partial charge in [0, 0.05) is 24.2 Å². The van der Waals surface area contributed by atoms with E-state index in [2.05, 4.69) is 15.2 Å². The first-order chi connectivity index (χ1) is 11.8. The predicted molar refractivity (Wildman–Crippen MR) is 92.3 cm³/mol. The summed E-state index contributed by atoms with van der Waals surface area (Å²) >= 11 is 0. The van der Waals surface area contributed by atoms with Gasteiger partial charge in [0.05, 0.1) is 18.7 Å². The smallest absolute Gasteiger partial charge is 0.229 e. The molecule has 0 radical (unpaired) electrons. The summed E-state index contributed by atoms with van der Waals surface area (Å²) in [5.41, 5.74) is 1.62. The summed E-state index contributed by atoms with van der Waals surface area (Å²) < 4.78 is 18.5. The third kappa shape index (κ3) is 3.81. The van der Waals surface area contributed by atoms with Gasteiger partial charge >= 0.3 is 0 Å². The highest BCUT2D eigenvalue weighted by Gasteiger charge is 2.17. The summed E-state index contributed by atoms with van der Waals surface area (Å²) in [5, 5.41) is 4.17. The molecule has 1 N–H and O–H groups in total. The summed E-state index contributed by atoms with van der Waals surface area (Å²) in [6, 6.07) is 14.1. The molecule has 130 valence electrons. The number of hydrogen-bond acceptors (Lipinski definition) is 5. The second-order valence-electron chi connectivity index (χ2n) is 5.62. The fourth-order valence-corrected chi connectivity index (χ4v) is 2.79. The number of aromatic nitrogens is 2. The summed E-state index contributed by atoms with van der Waals surface area (Å²) in [6.45, 7) is 2.99. The Morgan fingerprint density at radius 1 is 0.960 bits per heavy atom. The summed E-state index contributed by atoms with van der Waals surface area (Å²) in [6.07, 6.45) is 0. The van der Waals surface area contributed by atoms with Gasteiger partial charge in [-0.25, -0.2) is 9.37 Å². The largest absolute Gasteiger partial charge is 1.00 e. The molecule has 25 heavy (non-hydrogen) atoms. The molecular weight excluding hydrogens is 343 g/mol. The molecule has 0 bridgehead atoms. The van der Waals surface area contributed by atoms with Gasteiger partial charge in [-0.15, -0.1) is 0 Å². The lowest BCUT2D eigenvalue weighted by Crippen LogP contribution is -3.00. The van der Waals surface area contributed by atoms with Crippen molar-refractivity contribution in [3.63, 3.8) is 0 Å². The van der Waals surface area contributed by atoms with Crippen LogP contribution in [-0.4, -0.2) is 36.3 Å². The van der Waals surface area contributed by atoms with E-state index in [1.165, 1.54) is 12.1 Å². The van der Waals surface area contributed by atoms with E-state index in [4.69, 9.17) is 9.72 Å². The Kier molecular flexibility index (Phi) is 5.31. The van der Waals surface area contributed by atoms with E-state index in [0.29, 0.717) is 19.2 Å². The van der Waals surface area contributed by atoms with Gasteiger partial charge in [-0.05, 0) is 36.4 Å². The topological polar surface area (TPSA) is 50.3 Å². The molecule has 1 aliphatic heterocycles. The Balaban J connectivity index is 0.00000182. The average Bonchev–Trinajstić information content (AvgIpc) is 2.64. The van der Waals surface area contributed by atoms with Crippen LogP contribution in [0.25, 0.3) is 10.9 Å². The zero-order valence-electron chi connectivity index (χ0n) is 13.5. The molecule has 2 heterocycles. The van der Waals surface area contributed by atoms with Crippen molar-refractivity contribution in [1.29, 1.82) is 0 Å². The maximum atomic E-state index is 13.1. The van der Waals surface area contributed by atoms with Gasteiger partial charge in [-0.1, -0.05) is 12.1 Å². The molecule has 0 atom stereocenters. The van der Waals surface area contributed by atoms with Crippen molar-refractivity contribution in [2.75, 3.05) is 36.5 Å². The van der Waals surface area contributed by atoms with E-state index in [9.17, 15) is 4.39 Å². The van der Waals surface area contributed by atoms with E-state index in [1.807, 2.05) is 24.3 Å². The number of morpholine rings is 1. The lowest BCUT2D eigenvalue weighted by Gasteiger charge is -2.29. The van der Waals surface area contributed by atoms with Crippen LogP contribution < -0.4 is 22.6 Å². The maximum absolute atomic E-state index is 13.1. The zero-order valence-corrected chi connectivity index (χ0v) is 14.2. The van der Waals surface area contributed by atoms with Gasteiger partial charge in [0.25, 0.3) is 0 Å². The van der Waals surface area contributed by atoms with Crippen LogP contribution >= 0.6 is 0 Å².